The topological polar surface area (TPSA) is 12.9 Å². The van der Waals surface area contributed by atoms with Gasteiger partial charge in [-0.15, -0.1) is 0 Å². The molecule has 0 amide bonds. The van der Waals surface area contributed by atoms with Gasteiger partial charge in [-0.05, 0) is 17.7 Å². The van der Waals surface area contributed by atoms with E-state index in [2.05, 4.69) is 4.98 Å². The molecule has 1 nitrogen and oxygen atoms in total. The highest BCUT2D eigenvalue weighted by Gasteiger charge is 2.40. The minimum absolute atomic E-state index is 0.553. The fourth-order valence-electron chi connectivity index (χ4n) is 1.86. The summed E-state index contributed by atoms with van der Waals surface area (Å²) in [5.74, 6) is -1.42. The minimum Gasteiger partial charge on any atom is -0.251 e. The Balaban J connectivity index is 2.81. The smallest absolute Gasteiger partial charge is 0.251 e. The Bertz CT molecular complexity index is 658. The van der Waals surface area contributed by atoms with E-state index in [1.165, 1.54) is 0 Å². The Kier molecular flexibility index (Phi) is 3.65. The number of rotatable bonds is 1. The molecule has 0 saturated carbocycles. The Hall–Kier alpha value is -2.12. The van der Waals surface area contributed by atoms with E-state index in [-0.39, 0.29) is 0 Å². The molecule has 0 radical (unpaired) electrons. The second kappa shape index (κ2) is 5.01. The minimum atomic E-state index is -5.07. The molecule has 0 unspecified atom stereocenters. The van der Waals surface area contributed by atoms with Crippen LogP contribution in [0.2, 0.25) is 0 Å². The van der Waals surface area contributed by atoms with E-state index < -0.39 is 40.6 Å². The molecule has 2 rings (SSSR count). The van der Waals surface area contributed by atoms with Gasteiger partial charge >= 0.3 is 12.4 Å². The van der Waals surface area contributed by atoms with Gasteiger partial charge in [0.15, 0.2) is 5.69 Å². The van der Waals surface area contributed by atoms with E-state index in [9.17, 15) is 30.7 Å². The fourth-order valence-corrected chi connectivity index (χ4v) is 1.86. The second-order valence-electron chi connectivity index (χ2n) is 4.06. The summed E-state index contributed by atoms with van der Waals surface area (Å²) in [4.78, 5) is 2.98. The number of pyridine rings is 1. The third-order valence-corrected chi connectivity index (χ3v) is 2.67. The zero-order valence-electron chi connectivity index (χ0n) is 10.1. The maximum absolute atomic E-state index is 13.7. The van der Waals surface area contributed by atoms with Crippen LogP contribution in [0.4, 0.5) is 30.7 Å². The first-order valence-corrected chi connectivity index (χ1v) is 5.50. The first kappa shape index (κ1) is 15.3. The van der Waals surface area contributed by atoms with E-state index in [1.807, 2.05) is 0 Å². The van der Waals surface area contributed by atoms with Crippen molar-refractivity contribution in [2.75, 3.05) is 0 Å². The molecule has 0 spiro atoms. The van der Waals surface area contributed by atoms with Gasteiger partial charge in [-0.3, -0.25) is 4.98 Å². The van der Waals surface area contributed by atoms with Crippen LogP contribution in [0.15, 0.2) is 36.5 Å². The van der Waals surface area contributed by atoms with Crippen molar-refractivity contribution in [3.63, 3.8) is 0 Å². The van der Waals surface area contributed by atoms with Gasteiger partial charge in [0.2, 0.25) is 0 Å². The van der Waals surface area contributed by atoms with Crippen LogP contribution < -0.4 is 0 Å². The van der Waals surface area contributed by atoms with Crippen LogP contribution in [0.25, 0.3) is 11.1 Å². The first-order valence-electron chi connectivity index (χ1n) is 5.50. The molecule has 0 N–H and O–H groups in total. The molecule has 0 atom stereocenters. The Labute approximate surface area is 114 Å². The van der Waals surface area contributed by atoms with Gasteiger partial charge in [-0.2, -0.15) is 26.3 Å². The molecular weight excluding hydrogens is 303 g/mol. The monoisotopic (exact) mass is 309 g/mol. The van der Waals surface area contributed by atoms with Crippen LogP contribution in [0.1, 0.15) is 11.3 Å². The molecule has 2 aromatic rings. The highest BCUT2D eigenvalue weighted by Crippen LogP contribution is 2.42. The molecule has 8 heteroatoms. The predicted molar refractivity (Wildman–Crippen MR) is 59.6 cm³/mol. The molecule has 0 fully saturated rings. The van der Waals surface area contributed by atoms with Crippen molar-refractivity contribution in [2.24, 2.45) is 0 Å². The van der Waals surface area contributed by atoms with E-state index >= 15 is 0 Å². The summed E-state index contributed by atoms with van der Waals surface area (Å²) >= 11 is 0. The maximum Gasteiger partial charge on any atom is 0.434 e. The summed E-state index contributed by atoms with van der Waals surface area (Å²) in [6, 6.07) is 4.04. The van der Waals surface area contributed by atoms with E-state index in [4.69, 9.17) is 0 Å². The van der Waals surface area contributed by atoms with Crippen LogP contribution in [-0.2, 0) is 12.4 Å². The number of alkyl halides is 6. The Morgan fingerprint density at radius 2 is 1.43 bits per heavy atom. The highest BCUT2D eigenvalue weighted by atomic mass is 19.4. The molecule has 1 aromatic heterocycles. The standard InChI is InChI=1S/C13H6F7N/c14-9-5-6-21-11(13(18,19)20)10(9)7-3-1-2-4-8(7)12(15,16)17/h1-6H. The van der Waals surface area contributed by atoms with Crippen LogP contribution in [-0.4, -0.2) is 4.98 Å². The van der Waals surface area contributed by atoms with E-state index in [1.54, 1.807) is 0 Å². The van der Waals surface area contributed by atoms with Crippen molar-refractivity contribution < 1.29 is 30.7 Å². The molecule has 0 aliphatic heterocycles. The van der Waals surface area contributed by atoms with Gasteiger partial charge in [0, 0.05) is 11.8 Å². The van der Waals surface area contributed by atoms with Crippen LogP contribution >= 0.6 is 0 Å². The normalized spacial score (nSPS) is 12.5. The van der Waals surface area contributed by atoms with E-state index in [0.29, 0.717) is 18.3 Å². The fraction of sp³-hybridized carbons (Fsp3) is 0.154. The summed E-state index contributed by atoms with van der Waals surface area (Å²) in [7, 11) is 0. The first-order chi connectivity index (χ1) is 9.62. The second-order valence-corrected chi connectivity index (χ2v) is 4.06. The summed E-state index contributed by atoms with van der Waals surface area (Å²) in [5.41, 5.74) is -5.16. The van der Waals surface area contributed by atoms with Gasteiger partial charge in [-0.25, -0.2) is 4.39 Å². The van der Waals surface area contributed by atoms with Crippen molar-refractivity contribution in [3.8, 4) is 11.1 Å². The highest BCUT2D eigenvalue weighted by molar-refractivity contribution is 5.71. The lowest BCUT2D eigenvalue weighted by atomic mass is 9.97. The number of nitrogens with zero attached hydrogens (tertiary/aromatic N) is 1. The summed E-state index contributed by atoms with van der Waals surface area (Å²) in [6.07, 6.45) is -9.43. The van der Waals surface area contributed by atoms with Crippen LogP contribution in [0, 0.1) is 5.82 Å². The molecule has 21 heavy (non-hydrogen) atoms. The molecule has 0 aliphatic carbocycles. The quantitative estimate of drug-likeness (QED) is 0.681. The largest absolute Gasteiger partial charge is 0.434 e. The van der Waals surface area contributed by atoms with Gasteiger partial charge < -0.3 is 0 Å². The average molecular weight is 309 g/mol. The number of aromatic nitrogens is 1. The molecule has 1 aromatic carbocycles. The lowest BCUT2D eigenvalue weighted by molar-refractivity contribution is -0.142. The Morgan fingerprint density at radius 1 is 0.810 bits per heavy atom. The summed E-state index contributed by atoms with van der Waals surface area (Å²) in [6.45, 7) is 0. The zero-order valence-corrected chi connectivity index (χ0v) is 10.1. The average Bonchev–Trinajstić information content (AvgIpc) is 2.36. The molecular formula is C13H6F7N. The molecule has 112 valence electrons. The van der Waals surface area contributed by atoms with Crippen LogP contribution in [0.3, 0.4) is 0 Å². The summed E-state index contributed by atoms with van der Waals surface area (Å²) in [5, 5.41) is 0. The van der Waals surface area contributed by atoms with Crippen molar-refractivity contribution in [3.05, 3.63) is 53.6 Å². The third kappa shape index (κ3) is 2.98. The van der Waals surface area contributed by atoms with Crippen LogP contribution in [0.5, 0.6) is 0 Å². The maximum atomic E-state index is 13.7. The zero-order chi connectivity index (χ0) is 15.8. The molecule has 0 bridgehead atoms. The summed E-state index contributed by atoms with van der Waals surface area (Å²) < 4.78 is 90.8. The van der Waals surface area contributed by atoms with Gasteiger partial charge in [-0.1, -0.05) is 18.2 Å². The van der Waals surface area contributed by atoms with Crippen molar-refractivity contribution >= 4 is 0 Å². The van der Waals surface area contributed by atoms with Crippen molar-refractivity contribution in [2.45, 2.75) is 12.4 Å². The SMILES string of the molecule is Fc1ccnc(C(F)(F)F)c1-c1ccccc1C(F)(F)F. The third-order valence-electron chi connectivity index (χ3n) is 2.67. The molecule has 0 saturated heterocycles. The lowest BCUT2D eigenvalue weighted by Gasteiger charge is -2.17. The number of benzene rings is 1. The lowest BCUT2D eigenvalue weighted by Crippen LogP contribution is -2.14. The van der Waals surface area contributed by atoms with Gasteiger partial charge in [0.05, 0.1) is 5.56 Å². The van der Waals surface area contributed by atoms with E-state index in [0.717, 1.165) is 18.2 Å². The Morgan fingerprint density at radius 3 is 2.00 bits per heavy atom. The predicted octanol–water partition coefficient (Wildman–Crippen LogP) is 4.93. The molecule has 0 aliphatic rings. The number of halogens is 7. The number of hydrogen-bond acceptors (Lipinski definition) is 1. The van der Waals surface area contributed by atoms with Gasteiger partial charge in [0.25, 0.3) is 0 Å². The van der Waals surface area contributed by atoms with Crippen molar-refractivity contribution in [1.82, 2.24) is 4.98 Å². The number of hydrogen-bond donors (Lipinski definition) is 0. The molecule has 1 heterocycles. The van der Waals surface area contributed by atoms with Crippen molar-refractivity contribution in [1.29, 1.82) is 0 Å². The van der Waals surface area contributed by atoms with Gasteiger partial charge in [0.1, 0.15) is 5.82 Å².